The Morgan fingerprint density at radius 3 is 2.00 bits per heavy atom. The molecule has 0 aliphatic carbocycles. The van der Waals surface area contributed by atoms with Crippen molar-refractivity contribution in [2.45, 2.75) is 19.8 Å². The van der Waals surface area contributed by atoms with Gasteiger partial charge in [-0.05, 0) is 12.5 Å². The van der Waals surface area contributed by atoms with Crippen LogP contribution in [-0.2, 0) is 9.53 Å². The molecule has 0 aliphatic rings. The highest BCUT2D eigenvalue weighted by Gasteiger charge is 2.07. The number of hydrogen-bond acceptors (Lipinski definition) is 3. The van der Waals surface area contributed by atoms with Gasteiger partial charge < -0.3 is 4.74 Å². The second kappa shape index (κ2) is 7.93. The minimum Gasteiger partial charge on any atom is -0.426 e. The van der Waals surface area contributed by atoms with E-state index >= 15 is 0 Å². The highest BCUT2D eigenvalue weighted by molar-refractivity contribution is 5.96. The lowest BCUT2D eigenvalue weighted by Crippen LogP contribution is -2.00. The summed E-state index contributed by atoms with van der Waals surface area (Å²) in [5.41, 5.74) is 1.52. The van der Waals surface area contributed by atoms with Crippen molar-refractivity contribution < 1.29 is 14.3 Å². The van der Waals surface area contributed by atoms with Crippen LogP contribution in [0.4, 0.5) is 0 Å². The van der Waals surface area contributed by atoms with E-state index in [1.807, 2.05) is 48.5 Å². The van der Waals surface area contributed by atoms with Gasteiger partial charge in [-0.2, -0.15) is 0 Å². The van der Waals surface area contributed by atoms with Crippen LogP contribution in [-0.4, -0.2) is 11.8 Å². The molecule has 0 fully saturated rings. The van der Waals surface area contributed by atoms with E-state index in [4.69, 9.17) is 4.74 Å². The predicted octanol–water partition coefficient (Wildman–Crippen LogP) is 4.25. The lowest BCUT2D eigenvalue weighted by atomic mass is 10.1. The van der Waals surface area contributed by atoms with Crippen LogP contribution in [0.5, 0.6) is 0 Å². The molecular formula is C19H18O3. The number of esters is 1. The van der Waals surface area contributed by atoms with Crippen molar-refractivity contribution in [3.8, 4) is 0 Å². The minimum atomic E-state index is -0.371. The van der Waals surface area contributed by atoms with Crippen LogP contribution in [0.1, 0.15) is 35.7 Å². The Labute approximate surface area is 130 Å². The second-order valence-electron chi connectivity index (χ2n) is 4.86. The van der Waals surface area contributed by atoms with Gasteiger partial charge in [0, 0.05) is 24.5 Å². The first-order chi connectivity index (χ1) is 10.7. The third-order valence-electron chi connectivity index (χ3n) is 3.11. The van der Waals surface area contributed by atoms with Crippen molar-refractivity contribution in [1.29, 1.82) is 0 Å². The van der Waals surface area contributed by atoms with E-state index in [2.05, 4.69) is 0 Å². The molecule has 0 saturated carbocycles. The molecule has 0 N–H and O–H groups in total. The zero-order valence-electron chi connectivity index (χ0n) is 12.5. The van der Waals surface area contributed by atoms with Gasteiger partial charge in [0.1, 0.15) is 5.76 Å². The summed E-state index contributed by atoms with van der Waals surface area (Å²) in [5, 5.41) is 0. The zero-order valence-corrected chi connectivity index (χ0v) is 12.5. The van der Waals surface area contributed by atoms with Crippen LogP contribution in [0, 0.1) is 0 Å². The molecule has 0 saturated heterocycles. The summed E-state index contributed by atoms with van der Waals surface area (Å²) in [6.07, 6.45) is 2.68. The maximum atomic E-state index is 12.0. The summed E-state index contributed by atoms with van der Waals surface area (Å²) in [5.74, 6) is 0.200. The van der Waals surface area contributed by atoms with Gasteiger partial charge in [0.2, 0.25) is 0 Å². The molecular weight excluding hydrogens is 276 g/mol. The van der Waals surface area contributed by atoms with Gasteiger partial charge >= 0.3 is 5.97 Å². The van der Waals surface area contributed by atoms with Crippen LogP contribution >= 0.6 is 0 Å². The van der Waals surface area contributed by atoms with Crippen LogP contribution in [0.3, 0.4) is 0 Å². The average Bonchev–Trinajstić information content (AvgIpc) is 2.55. The molecule has 112 valence electrons. The Balaban J connectivity index is 2.04. The SMILES string of the molecule is CC(=O)O/C(=C\CCC(=O)c1ccccc1)c1ccccc1. The summed E-state index contributed by atoms with van der Waals surface area (Å²) in [4.78, 5) is 23.3. The number of hydrogen-bond donors (Lipinski definition) is 0. The number of allylic oxidation sites excluding steroid dienone is 1. The molecule has 3 heteroatoms. The van der Waals surface area contributed by atoms with Gasteiger partial charge in [-0.3, -0.25) is 9.59 Å². The van der Waals surface area contributed by atoms with E-state index in [0.717, 1.165) is 5.56 Å². The van der Waals surface area contributed by atoms with Crippen LogP contribution in [0.15, 0.2) is 66.7 Å². The Morgan fingerprint density at radius 2 is 1.45 bits per heavy atom. The van der Waals surface area contributed by atoms with E-state index in [1.54, 1.807) is 18.2 Å². The van der Waals surface area contributed by atoms with Gasteiger partial charge in [-0.25, -0.2) is 0 Å². The van der Waals surface area contributed by atoms with E-state index < -0.39 is 0 Å². The van der Waals surface area contributed by atoms with Crippen molar-refractivity contribution in [1.82, 2.24) is 0 Å². The molecule has 0 aromatic heterocycles. The Hall–Kier alpha value is -2.68. The molecule has 0 aliphatic heterocycles. The summed E-state index contributed by atoms with van der Waals surface area (Å²) < 4.78 is 5.23. The highest BCUT2D eigenvalue weighted by atomic mass is 16.5. The lowest BCUT2D eigenvalue weighted by molar-refractivity contribution is -0.134. The quantitative estimate of drug-likeness (QED) is 0.454. The van der Waals surface area contributed by atoms with Crippen molar-refractivity contribution in [3.63, 3.8) is 0 Å². The van der Waals surface area contributed by atoms with Crippen LogP contribution < -0.4 is 0 Å². The summed E-state index contributed by atoms with van der Waals surface area (Å²) in [6.45, 7) is 1.37. The standard InChI is InChI=1S/C19H18O3/c1-15(20)22-19(17-11-6-3-7-12-17)14-8-13-18(21)16-9-4-2-5-10-16/h2-7,9-12,14H,8,13H2,1H3/b19-14-. The fourth-order valence-electron chi connectivity index (χ4n) is 2.08. The number of carbonyl (C=O) groups excluding carboxylic acids is 2. The Morgan fingerprint density at radius 1 is 0.909 bits per heavy atom. The van der Waals surface area contributed by atoms with Crippen molar-refractivity contribution >= 4 is 17.5 Å². The topological polar surface area (TPSA) is 43.4 Å². The third kappa shape index (κ3) is 4.70. The molecule has 0 atom stereocenters. The molecule has 0 radical (unpaired) electrons. The first-order valence-corrected chi connectivity index (χ1v) is 7.19. The summed E-state index contributed by atoms with van der Waals surface area (Å²) in [6, 6.07) is 18.6. The van der Waals surface area contributed by atoms with E-state index in [1.165, 1.54) is 6.92 Å². The molecule has 0 spiro atoms. The van der Waals surface area contributed by atoms with Gasteiger partial charge in [0.25, 0.3) is 0 Å². The lowest BCUT2D eigenvalue weighted by Gasteiger charge is -2.07. The first kappa shape index (κ1) is 15.7. The van der Waals surface area contributed by atoms with Crippen molar-refractivity contribution in [3.05, 3.63) is 77.9 Å². The smallest absolute Gasteiger partial charge is 0.308 e. The highest BCUT2D eigenvalue weighted by Crippen LogP contribution is 2.17. The van der Waals surface area contributed by atoms with Gasteiger partial charge in [-0.15, -0.1) is 0 Å². The number of benzene rings is 2. The molecule has 22 heavy (non-hydrogen) atoms. The largest absolute Gasteiger partial charge is 0.426 e. The monoisotopic (exact) mass is 294 g/mol. The van der Waals surface area contributed by atoms with Crippen molar-refractivity contribution in [2.75, 3.05) is 0 Å². The first-order valence-electron chi connectivity index (χ1n) is 7.19. The maximum absolute atomic E-state index is 12.0. The molecule has 2 aromatic carbocycles. The molecule has 0 heterocycles. The van der Waals surface area contributed by atoms with Crippen LogP contribution in [0.25, 0.3) is 5.76 Å². The fourth-order valence-corrected chi connectivity index (χ4v) is 2.08. The van der Waals surface area contributed by atoms with E-state index in [-0.39, 0.29) is 11.8 Å². The van der Waals surface area contributed by atoms with Crippen molar-refractivity contribution in [2.24, 2.45) is 0 Å². The Kier molecular flexibility index (Phi) is 5.66. The van der Waals surface area contributed by atoms with E-state index in [0.29, 0.717) is 24.2 Å². The van der Waals surface area contributed by atoms with Gasteiger partial charge in [0.15, 0.2) is 5.78 Å². The van der Waals surface area contributed by atoms with Gasteiger partial charge in [-0.1, -0.05) is 60.7 Å². The molecule has 0 bridgehead atoms. The molecule has 2 aromatic rings. The number of Topliss-reactive ketones (excluding diaryl/α,β-unsaturated/α-hetero) is 1. The molecule has 0 amide bonds. The second-order valence-corrected chi connectivity index (χ2v) is 4.86. The number of carbonyl (C=O) groups is 2. The number of ether oxygens (including phenoxy) is 1. The predicted molar refractivity (Wildman–Crippen MR) is 86.2 cm³/mol. The van der Waals surface area contributed by atoms with Crippen LogP contribution in [0.2, 0.25) is 0 Å². The zero-order chi connectivity index (χ0) is 15.8. The average molecular weight is 294 g/mol. The van der Waals surface area contributed by atoms with Gasteiger partial charge in [0.05, 0.1) is 0 Å². The Bertz CT molecular complexity index is 658. The molecule has 0 unspecified atom stereocenters. The summed E-state index contributed by atoms with van der Waals surface area (Å²) in [7, 11) is 0. The normalized spacial score (nSPS) is 11.0. The third-order valence-corrected chi connectivity index (χ3v) is 3.11. The molecule has 3 nitrogen and oxygen atoms in total. The minimum absolute atomic E-state index is 0.0760. The van der Waals surface area contributed by atoms with E-state index in [9.17, 15) is 9.59 Å². The maximum Gasteiger partial charge on any atom is 0.308 e. The number of rotatable bonds is 6. The molecule has 2 rings (SSSR count). The number of ketones is 1. The summed E-state index contributed by atoms with van der Waals surface area (Å²) >= 11 is 0. The fraction of sp³-hybridized carbons (Fsp3) is 0.158.